The van der Waals surface area contributed by atoms with Crippen molar-refractivity contribution in [3.05, 3.63) is 58.7 Å². The Morgan fingerprint density at radius 3 is 1.23 bits per heavy atom. The number of ether oxygens (including phenoxy) is 2. The van der Waals surface area contributed by atoms with Crippen molar-refractivity contribution in [2.24, 2.45) is 0 Å². The maximum absolute atomic E-state index is 10.1. The van der Waals surface area contributed by atoms with Crippen molar-refractivity contribution in [3.63, 3.8) is 0 Å². The summed E-state index contributed by atoms with van der Waals surface area (Å²) in [5, 5.41) is 45.5. The van der Waals surface area contributed by atoms with E-state index >= 15 is 0 Å². The van der Waals surface area contributed by atoms with Gasteiger partial charge in [0.2, 0.25) is 0 Å². The number of aliphatic hydroxyl groups is 4. The van der Waals surface area contributed by atoms with E-state index in [1.807, 2.05) is 26.0 Å². The summed E-state index contributed by atoms with van der Waals surface area (Å²) in [6, 6.07) is 10.8. The SMILES string of the molecule is CCOc1ccc(C(O)CNC(C)(C)C)cc1CO.CCOc1ccc(C(O)CNC(C)(C)C)cc1CO.O=S(=O)(O)O. The lowest BCUT2D eigenvalue weighted by atomic mass is 10.0. The molecular formula is C30H52N2O10S. The summed E-state index contributed by atoms with van der Waals surface area (Å²) >= 11 is 0. The third kappa shape index (κ3) is 19.5. The van der Waals surface area contributed by atoms with Crippen LogP contribution >= 0.6 is 0 Å². The lowest BCUT2D eigenvalue weighted by molar-refractivity contribution is 0.162. The van der Waals surface area contributed by atoms with E-state index in [1.165, 1.54) is 0 Å². The third-order valence-corrected chi connectivity index (χ3v) is 5.53. The van der Waals surface area contributed by atoms with Crippen LogP contribution in [0.1, 0.15) is 89.9 Å². The second-order valence-electron chi connectivity index (χ2n) is 11.7. The van der Waals surface area contributed by atoms with Crippen LogP contribution in [-0.2, 0) is 23.6 Å². The average molecular weight is 633 g/mol. The van der Waals surface area contributed by atoms with E-state index in [9.17, 15) is 20.4 Å². The summed E-state index contributed by atoms with van der Waals surface area (Å²) in [5.74, 6) is 1.34. The zero-order valence-electron chi connectivity index (χ0n) is 26.6. The third-order valence-electron chi connectivity index (χ3n) is 5.53. The first-order valence-electron chi connectivity index (χ1n) is 14.0. The van der Waals surface area contributed by atoms with Crippen molar-refractivity contribution in [3.8, 4) is 11.5 Å². The molecule has 13 heteroatoms. The minimum atomic E-state index is -4.67. The predicted molar refractivity (Wildman–Crippen MR) is 167 cm³/mol. The first-order valence-corrected chi connectivity index (χ1v) is 15.4. The molecule has 0 heterocycles. The van der Waals surface area contributed by atoms with Crippen molar-refractivity contribution in [2.75, 3.05) is 26.3 Å². The second kappa shape index (κ2) is 19.1. The van der Waals surface area contributed by atoms with Gasteiger partial charge < -0.3 is 40.5 Å². The van der Waals surface area contributed by atoms with Gasteiger partial charge in [0.1, 0.15) is 11.5 Å². The molecule has 12 nitrogen and oxygen atoms in total. The van der Waals surface area contributed by atoms with Gasteiger partial charge in [0.15, 0.2) is 0 Å². The fraction of sp³-hybridized carbons (Fsp3) is 0.600. The molecule has 2 unspecified atom stereocenters. The highest BCUT2D eigenvalue weighted by atomic mass is 32.3. The molecule has 0 fully saturated rings. The van der Waals surface area contributed by atoms with Gasteiger partial charge in [-0.3, -0.25) is 9.11 Å². The quantitative estimate of drug-likeness (QED) is 0.159. The zero-order chi connectivity index (χ0) is 33.4. The fourth-order valence-electron chi connectivity index (χ4n) is 3.49. The highest BCUT2D eigenvalue weighted by Crippen LogP contribution is 2.25. The van der Waals surface area contributed by atoms with Crippen LogP contribution in [0.5, 0.6) is 11.5 Å². The lowest BCUT2D eigenvalue weighted by Crippen LogP contribution is -2.38. The zero-order valence-corrected chi connectivity index (χ0v) is 27.4. The normalized spacial score (nSPS) is 13.2. The molecule has 0 saturated heterocycles. The predicted octanol–water partition coefficient (Wildman–Crippen LogP) is 3.35. The van der Waals surface area contributed by atoms with Gasteiger partial charge in [-0.05, 0) is 90.8 Å². The Kier molecular flexibility index (Phi) is 18.1. The van der Waals surface area contributed by atoms with E-state index in [4.69, 9.17) is 27.0 Å². The Bertz CT molecular complexity index is 1090. The van der Waals surface area contributed by atoms with Crippen LogP contribution in [0.4, 0.5) is 0 Å². The van der Waals surface area contributed by atoms with Gasteiger partial charge in [0.05, 0.1) is 38.6 Å². The monoisotopic (exact) mass is 632 g/mol. The summed E-state index contributed by atoms with van der Waals surface area (Å²) in [4.78, 5) is 0. The summed E-state index contributed by atoms with van der Waals surface area (Å²) in [6.07, 6.45) is -1.19. The van der Waals surface area contributed by atoms with Crippen molar-refractivity contribution in [2.45, 2.75) is 91.9 Å². The molecule has 0 amide bonds. The maximum atomic E-state index is 10.1. The Morgan fingerprint density at radius 1 is 0.698 bits per heavy atom. The van der Waals surface area contributed by atoms with Crippen LogP contribution in [0.15, 0.2) is 36.4 Å². The fourth-order valence-corrected chi connectivity index (χ4v) is 3.49. The highest BCUT2D eigenvalue weighted by Gasteiger charge is 2.16. The summed E-state index contributed by atoms with van der Waals surface area (Å²) in [5.41, 5.74) is 2.90. The minimum Gasteiger partial charge on any atom is -0.494 e. The number of benzene rings is 2. The van der Waals surface area contributed by atoms with Gasteiger partial charge >= 0.3 is 10.4 Å². The molecule has 2 aromatic carbocycles. The second-order valence-corrected chi connectivity index (χ2v) is 12.6. The molecule has 2 atom stereocenters. The van der Waals surface area contributed by atoms with E-state index in [1.54, 1.807) is 24.3 Å². The molecule has 0 bridgehead atoms. The van der Waals surface area contributed by atoms with Crippen molar-refractivity contribution in [1.29, 1.82) is 0 Å². The van der Waals surface area contributed by atoms with Gasteiger partial charge in [-0.15, -0.1) is 0 Å². The summed E-state index contributed by atoms with van der Waals surface area (Å²) in [6.45, 7) is 18.0. The van der Waals surface area contributed by atoms with E-state index in [0.29, 0.717) is 48.9 Å². The molecule has 0 aliphatic heterocycles. The van der Waals surface area contributed by atoms with Gasteiger partial charge in [-0.25, -0.2) is 0 Å². The van der Waals surface area contributed by atoms with Crippen LogP contribution < -0.4 is 20.1 Å². The molecule has 0 radical (unpaired) electrons. The Hall–Kier alpha value is -2.33. The van der Waals surface area contributed by atoms with E-state index in [-0.39, 0.29) is 24.3 Å². The summed E-state index contributed by atoms with van der Waals surface area (Å²) < 4.78 is 42.4. The van der Waals surface area contributed by atoms with Crippen LogP contribution in [0.3, 0.4) is 0 Å². The standard InChI is InChI=1S/2C15H25NO3.H2O4S/c2*1-5-19-14-7-6-11(8-12(14)10-17)13(18)9-16-15(2,3)4;1-5(2,3)4/h2*6-8,13,16-18H,5,9-10H2,1-4H3;(H2,1,2,3,4). The lowest BCUT2D eigenvalue weighted by Gasteiger charge is -2.23. The van der Waals surface area contributed by atoms with Crippen LogP contribution in [0.25, 0.3) is 0 Å². The number of hydrogen-bond acceptors (Lipinski definition) is 10. The molecule has 248 valence electrons. The topological polar surface area (TPSA) is 198 Å². The molecule has 0 aliphatic carbocycles. The molecule has 2 aromatic rings. The largest absolute Gasteiger partial charge is 0.494 e. The van der Waals surface area contributed by atoms with Gasteiger partial charge in [0, 0.05) is 35.3 Å². The van der Waals surface area contributed by atoms with Crippen LogP contribution in [0.2, 0.25) is 0 Å². The van der Waals surface area contributed by atoms with Crippen molar-refractivity contribution < 1.29 is 47.4 Å². The molecule has 0 aliphatic rings. The van der Waals surface area contributed by atoms with Crippen molar-refractivity contribution >= 4 is 10.4 Å². The van der Waals surface area contributed by atoms with Gasteiger partial charge in [0.25, 0.3) is 0 Å². The van der Waals surface area contributed by atoms with Crippen LogP contribution in [-0.4, -0.2) is 75.3 Å². The molecule has 0 aromatic heterocycles. The number of rotatable bonds is 12. The van der Waals surface area contributed by atoms with Crippen molar-refractivity contribution in [1.82, 2.24) is 10.6 Å². The van der Waals surface area contributed by atoms with E-state index < -0.39 is 22.6 Å². The molecular weight excluding hydrogens is 580 g/mol. The molecule has 0 spiro atoms. The van der Waals surface area contributed by atoms with Gasteiger partial charge in [-0.1, -0.05) is 12.1 Å². The Morgan fingerprint density at radius 2 is 1.00 bits per heavy atom. The molecule has 2 rings (SSSR count). The highest BCUT2D eigenvalue weighted by molar-refractivity contribution is 7.79. The molecule has 8 N–H and O–H groups in total. The molecule has 0 saturated carbocycles. The number of aliphatic hydroxyl groups excluding tert-OH is 4. The smallest absolute Gasteiger partial charge is 0.394 e. The Balaban J connectivity index is 0.000000709. The summed E-state index contributed by atoms with van der Waals surface area (Å²) in [7, 11) is -4.67. The van der Waals surface area contributed by atoms with Crippen LogP contribution in [0, 0.1) is 0 Å². The first kappa shape index (κ1) is 40.7. The minimum absolute atomic E-state index is 0.0357. The Labute approximate surface area is 256 Å². The first-order chi connectivity index (χ1) is 19.7. The molecule has 43 heavy (non-hydrogen) atoms. The van der Waals surface area contributed by atoms with Gasteiger partial charge in [-0.2, -0.15) is 8.42 Å². The number of nitrogens with one attached hydrogen (secondary N) is 2. The van der Waals surface area contributed by atoms with E-state index in [2.05, 4.69) is 52.2 Å². The van der Waals surface area contributed by atoms with E-state index in [0.717, 1.165) is 11.1 Å². The average Bonchev–Trinajstić information content (AvgIpc) is 2.89. The maximum Gasteiger partial charge on any atom is 0.394 e. The number of hydrogen-bond donors (Lipinski definition) is 8. The number of β-amino-alcohol motifs (C(OH)–C–C–N with tert-alkyl or cyclic N) is 2.